The molecule has 4 rings (SSSR count). The van der Waals surface area contributed by atoms with Crippen molar-refractivity contribution in [2.24, 2.45) is 0 Å². The smallest absolute Gasteiger partial charge is 0.266 e. The van der Waals surface area contributed by atoms with Crippen molar-refractivity contribution < 1.29 is 33.2 Å². The Kier molecular flexibility index (Phi) is 8.60. The van der Waals surface area contributed by atoms with E-state index in [0.29, 0.717) is 67.7 Å². The average molecular weight is 555 g/mol. The summed E-state index contributed by atoms with van der Waals surface area (Å²) < 4.78 is 39.8. The molecule has 0 N–H and O–H groups in total. The number of hydrogen-bond acceptors (Lipinski definition) is 10. The number of nitrogens with zero attached hydrogens (tertiary/aromatic N) is 2. The van der Waals surface area contributed by atoms with Crippen LogP contribution in [-0.2, 0) is 5.75 Å². The second kappa shape index (κ2) is 12.1. The number of methoxy groups -OCH3 is 7. The summed E-state index contributed by atoms with van der Waals surface area (Å²) in [6, 6.07) is 12.3. The van der Waals surface area contributed by atoms with Gasteiger partial charge in [0.15, 0.2) is 28.2 Å². The maximum atomic E-state index is 14.0. The molecule has 0 amide bonds. The molecule has 39 heavy (non-hydrogen) atoms. The number of fused-ring (bicyclic) bond motifs is 1. The molecule has 0 bridgehead atoms. The van der Waals surface area contributed by atoms with Crippen molar-refractivity contribution in [3.05, 3.63) is 58.4 Å². The third-order valence-electron chi connectivity index (χ3n) is 6.06. The van der Waals surface area contributed by atoms with E-state index in [2.05, 4.69) is 0 Å². The van der Waals surface area contributed by atoms with E-state index in [4.69, 9.17) is 38.1 Å². The molecule has 206 valence electrons. The lowest BCUT2D eigenvalue weighted by atomic mass is 10.2. The van der Waals surface area contributed by atoms with Crippen molar-refractivity contribution >= 4 is 22.7 Å². The summed E-state index contributed by atoms with van der Waals surface area (Å²) in [6.45, 7) is 0. The fourth-order valence-electron chi connectivity index (χ4n) is 4.14. The molecule has 0 aliphatic rings. The molecular formula is C28H30N2O8S. The van der Waals surface area contributed by atoms with Gasteiger partial charge in [-0.2, -0.15) is 0 Å². The molecule has 0 spiro atoms. The third-order valence-corrected chi connectivity index (χ3v) is 7.07. The number of ether oxygens (including phenoxy) is 7. The van der Waals surface area contributed by atoms with Crippen LogP contribution in [0.25, 0.3) is 16.6 Å². The molecule has 3 aromatic carbocycles. The van der Waals surface area contributed by atoms with Crippen molar-refractivity contribution in [1.82, 2.24) is 9.55 Å². The molecule has 0 aliphatic heterocycles. The standard InChI is InChI=1S/C28H30N2O8S/c1-32-17-8-9-20(21(12-17)33-2)30-27(31)18-13-22(34-3)23(35-4)14-19(18)29-28(30)39-15-16-10-24(36-5)26(38-7)25(11-16)37-6/h8-14H,15H2,1-7H3. The van der Waals surface area contributed by atoms with E-state index in [1.807, 2.05) is 12.1 Å². The summed E-state index contributed by atoms with van der Waals surface area (Å²) in [5.74, 6) is 3.95. The van der Waals surface area contributed by atoms with Gasteiger partial charge in [-0.05, 0) is 35.9 Å². The maximum Gasteiger partial charge on any atom is 0.266 e. The predicted molar refractivity (Wildman–Crippen MR) is 149 cm³/mol. The topological polar surface area (TPSA) is 99.5 Å². The Labute approximate surface area is 230 Å². The molecule has 4 aromatic rings. The highest BCUT2D eigenvalue weighted by Crippen LogP contribution is 2.40. The molecule has 0 unspecified atom stereocenters. The van der Waals surface area contributed by atoms with Gasteiger partial charge in [-0.15, -0.1) is 0 Å². The first kappa shape index (κ1) is 27.8. The van der Waals surface area contributed by atoms with E-state index in [1.54, 1.807) is 58.8 Å². The lowest BCUT2D eigenvalue weighted by Crippen LogP contribution is -2.22. The van der Waals surface area contributed by atoms with Crippen molar-refractivity contribution in [2.45, 2.75) is 10.9 Å². The van der Waals surface area contributed by atoms with E-state index in [-0.39, 0.29) is 5.56 Å². The highest BCUT2D eigenvalue weighted by molar-refractivity contribution is 7.98. The van der Waals surface area contributed by atoms with Gasteiger partial charge in [-0.3, -0.25) is 9.36 Å². The van der Waals surface area contributed by atoms with Crippen LogP contribution in [0, 0.1) is 0 Å². The second-order valence-electron chi connectivity index (χ2n) is 8.12. The first-order valence-electron chi connectivity index (χ1n) is 11.8. The van der Waals surface area contributed by atoms with Crippen LogP contribution in [0.15, 0.2) is 52.4 Å². The van der Waals surface area contributed by atoms with Crippen LogP contribution in [0.4, 0.5) is 0 Å². The first-order chi connectivity index (χ1) is 18.9. The molecule has 1 heterocycles. The summed E-state index contributed by atoms with van der Waals surface area (Å²) in [6.07, 6.45) is 0. The predicted octanol–water partition coefficient (Wildman–Crippen LogP) is 4.74. The molecule has 10 nitrogen and oxygen atoms in total. The first-order valence-corrected chi connectivity index (χ1v) is 12.7. The summed E-state index contributed by atoms with van der Waals surface area (Å²) in [5.41, 5.74) is 1.56. The van der Waals surface area contributed by atoms with Gasteiger partial charge in [0.1, 0.15) is 11.5 Å². The number of rotatable bonds is 11. The Balaban J connectivity index is 1.91. The van der Waals surface area contributed by atoms with Crippen LogP contribution in [-0.4, -0.2) is 59.3 Å². The minimum atomic E-state index is -0.295. The van der Waals surface area contributed by atoms with Crippen LogP contribution >= 0.6 is 11.8 Å². The van der Waals surface area contributed by atoms with Crippen molar-refractivity contribution in [3.63, 3.8) is 0 Å². The Morgan fingerprint density at radius 1 is 0.692 bits per heavy atom. The van der Waals surface area contributed by atoms with Gasteiger partial charge >= 0.3 is 0 Å². The Morgan fingerprint density at radius 3 is 1.87 bits per heavy atom. The van der Waals surface area contributed by atoms with E-state index < -0.39 is 0 Å². The van der Waals surface area contributed by atoms with Gasteiger partial charge in [-0.1, -0.05) is 11.8 Å². The van der Waals surface area contributed by atoms with Gasteiger partial charge in [0.25, 0.3) is 5.56 Å². The van der Waals surface area contributed by atoms with Crippen molar-refractivity contribution in [2.75, 3.05) is 49.8 Å². The Hall–Kier alpha value is -4.25. The SMILES string of the molecule is COc1ccc(-n2c(SCc3cc(OC)c(OC)c(OC)c3)nc3cc(OC)c(OC)cc3c2=O)c(OC)c1. The van der Waals surface area contributed by atoms with E-state index >= 15 is 0 Å². The number of hydrogen-bond donors (Lipinski definition) is 0. The largest absolute Gasteiger partial charge is 0.497 e. The van der Waals surface area contributed by atoms with E-state index in [1.165, 1.54) is 37.7 Å². The van der Waals surface area contributed by atoms with Crippen LogP contribution in [0.2, 0.25) is 0 Å². The summed E-state index contributed by atoms with van der Waals surface area (Å²) >= 11 is 1.37. The van der Waals surface area contributed by atoms with Crippen LogP contribution in [0.3, 0.4) is 0 Å². The van der Waals surface area contributed by atoms with E-state index in [0.717, 1.165) is 5.56 Å². The summed E-state index contributed by atoms with van der Waals surface area (Å²) in [5, 5.41) is 0.805. The molecule has 0 radical (unpaired) electrons. The van der Waals surface area contributed by atoms with Crippen LogP contribution < -0.4 is 38.7 Å². The van der Waals surface area contributed by atoms with Gasteiger partial charge in [0.2, 0.25) is 5.75 Å². The van der Waals surface area contributed by atoms with E-state index in [9.17, 15) is 4.79 Å². The average Bonchev–Trinajstić information content (AvgIpc) is 2.98. The normalized spacial score (nSPS) is 10.7. The minimum absolute atomic E-state index is 0.295. The number of aromatic nitrogens is 2. The zero-order valence-electron chi connectivity index (χ0n) is 22.8. The molecule has 0 saturated heterocycles. The molecule has 11 heteroatoms. The quantitative estimate of drug-likeness (QED) is 0.191. The highest BCUT2D eigenvalue weighted by atomic mass is 32.2. The fourth-order valence-corrected chi connectivity index (χ4v) is 5.07. The lowest BCUT2D eigenvalue weighted by Gasteiger charge is -2.18. The van der Waals surface area contributed by atoms with Crippen LogP contribution in [0.5, 0.6) is 40.2 Å². The van der Waals surface area contributed by atoms with Gasteiger partial charge < -0.3 is 33.2 Å². The monoisotopic (exact) mass is 554 g/mol. The van der Waals surface area contributed by atoms with Gasteiger partial charge in [0, 0.05) is 17.9 Å². The third kappa shape index (κ3) is 5.35. The van der Waals surface area contributed by atoms with Crippen LogP contribution in [0.1, 0.15) is 5.56 Å². The number of thioether (sulfide) groups is 1. The number of benzene rings is 3. The van der Waals surface area contributed by atoms with Gasteiger partial charge in [-0.25, -0.2) is 4.98 Å². The summed E-state index contributed by atoms with van der Waals surface area (Å²) in [7, 11) is 10.8. The molecule has 0 atom stereocenters. The summed E-state index contributed by atoms with van der Waals surface area (Å²) in [4.78, 5) is 18.9. The van der Waals surface area contributed by atoms with Crippen molar-refractivity contribution in [3.8, 4) is 45.9 Å². The Morgan fingerprint density at radius 2 is 1.31 bits per heavy atom. The lowest BCUT2D eigenvalue weighted by molar-refractivity contribution is 0.324. The molecule has 0 saturated carbocycles. The molecule has 0 fully saturated rings. The zero-order chi connectivity index (χ0) is 28.1. The molecular weight excluding hydrogens is 524 g/mol. The molecule has 0 aliphatic carbocycles. The zero-order valence-corrected chi connectivity index (χ0v) is 23.6. The fraction of sp³-hybridized carbons (Fsp3) is 0.286. The van der Waals surface area contributed by atoms with Crippen molar-refractivity contribution in [1.29, 1.82) is 0 Å². The molecule has 1 aromatic heterocycles. The maximum absolute atomic E-state index is 14.0. The second-order valence-corrected chi connectivity index (χ2v) is 9.06. The highest BCUT2D eigenvalue weighted by Gasteiger charge is 2.20. The van der Waals surface area contributed by atoms with Gasteiger partial charge in [0.05, 0.1) is 66.4 Å². The Bertz CT molecular complexity index is 1530. The minimum Gasteiger partial charge on any atom is -0.497 e.